The van der Waals surface area contributed by atoms with E-state index >= 15 is 0 Å². The number of hydrogen-bond donors (Lipinski definition) is 3. The monoisotopic (exact) mass is 349 g/mol. The zero-order valence-corrected chi connectivity index (χ0v) is 13.3. The summed E-state index contributed by atoms with van der Waals surface area (Å²) in [6.45, 7) is 1.92. The molecule has 0 aliphatic carbocycles. The molecule has 0 aliphatic heterocycles. The standard InChI is InChI=1S/C15H16BrN3O2/c1-9-3-6-13(19-17)11(7-9)15(20)18-14-8-10(21-2)4-5-12(14)16/h3-8,19H,17H2,1-2H3,(H,18,20). The van der Waals surface area contributed by atoms with Gasteiger partial charge in [0.1, 0.15) is 5.75 Å². The molecule has 0 radical (unpaired) electrons. The van der Waals surface area contributed by atoms with Crippen LogP contribution in [0.2, 0.25) is 0 Å². The van der Waals surface area contributed by atoms with Gasteiger partial charge in [-0.15, -0.1) is 0 Å². The van der Waals surface area contributed by atoms with Crippen molar-refractivity contribution in [2.75, 3.05) is 17.9 Å². The second-order valence-corrected chi connectivity index (χ2v) is 5.35. The van der Waals surface area contributed by atoms with Gasteiger partial charge in [-0.1, -0.05) is 11.6 Å². The molecule has 6 heteroatoms. The van der Waals surface area contributed by atoms with Crippen molar-refractivity contribution in [2.45, 2.75) is 6.92 Å². The highest BCUT2D eigenvalue weighted by atomic mass is 79.9. The Morgan fingerprint density at radius 2 is 1.95 bits per heavy atom. The SMILES string of the molecule is COc1ccc(Br)c(NC(=O)c2cc(C)ccc2NN)c1. The summed E-state index contributed by atoms with van der Waals surface area (Å²) in [6, 6.07) is 10.8. The van der Waals surface area contributed by atoms with Crippen molar-refractivity contribution in [3.8, 4) is 5.75 Å². The second-order valence-electron chi connectivity index (χ2n) is 4.49. The molecule has 0 aliphatic rings. The molecule has 4 N–H and O–H groups in total. The smallest absolute Gasteiger partial charge is 0.257 e. The van der Waals surface area contributed by atoms with E-state index in [1.165, 1.54) is 0 Å². The number of amides is 1. The zero-order valence-electron chi connectivity index (χ0n) is 11.7. The van der Waals surface area contributed by atoms with E-state index < -0.39 is 0 Å². The van der Waals surface area contributed by atoms with E-state index in [9.17, 15) is 4.79 Å². The largest absolute Gasteiger partial charge is 0.497 e. The summed E-state index contributed by atoms with van der Waals surface area (Å²) < 4.78 is 5.93. The molecule has 0 unspecified atom stereocenters. The second kappa shape index (κ2) is 6.60. The van der Waals surface area contributed by atoms with Crippen LogP contribution < -0.4 is 21.3 Å². The van der Waals surface area contributed by atoms with Gasteiger partial charge in [0.2, 0.25) is 0 Å². The summed E-state index contributed by atoms with van der Waals surface area (Å²) in [4.78, 5) is 12.4. The van der Waals surface area contributed by atoms with Crippen LogP contribution >= 0.6 is 15.9 Å². The number of nitrogens with one attached hydrogen (secondary N) is 2. The molecule has 2 rings (SSSR count). The molecule has 21 heavy (non-hydrogen) atoms. The van der Waals surface area contributed by atoms with Crippen LogP contribution in [0.4, 0.5) is 11.4 Å². The quantitative estimate of drug-likeness (QED) is 0.584. The molecule has 0 saturated heterocycles. The van der Waals surface area contributed by atoms with Gasteiger partial charge in [0.25, 0.3) is 5.91 Å². The lowest BCUT2D eigenvalue weighted by Crippen LogP contribution is -2.17. The number of aryl methyl sites for hydroxylation is 1. The van der Waals surface area contributed by atoms with E-state index in [0.717, 1.165) is 10.0 Å². The number of ether oxygens (including phenoxy) is 1. The Hall–Kier alpha value is -2.05. The Morgan fingerprint density at radius 3 is 2.62 bits per heavy atom. The lowest BCUT2D eigenvalue weighted by atomic mass is 10.1. The van der Waals surface area contributed by atoms with Gasteiger partial charge in [0, 0.05) is 10.5 Å². The Morgan fingerprint density at radius 1 is 1.19 bits per heavy atom. The van der Waals surface area contributed by atoms with Crippen molar-refractivity contribution in [3.63, 3.8) is 0 Å². The zero-order chi connectivity index (χ0) is 15.4. The molecule has 0 saturated carbocycles. The van der Waals surface area contributed by atoms with Crippen LogP contribution in [0.1, 0.15) is 15.9 Å². The Labute approximate surface area is 131 Å². The fourth-order valence-electron chi connectivity index (χ4n) is 1.89. The van der Waals surface area contributed by atoms with Crippen LogP contribution in [0.3, 0.4) is 0 Å². The highest BCUT2D eigenvalue weighted by Crippen LogP contribution is 2.28. The van der Waals surface area contributed by atoms with E-state index in [2.05, 4.69) is 26.7 Å². The van der Waals surface area contributed by atoms with Crippen molar-refractivity contribution in [1.82, 2.24) is 0 Å². The maximum absolute atomic E-state index is 12.4. The van der Waals surface area contributed by atoms with Crippen LogP contribution in [0, 0.1) is 6.92 Å². The van der Waals surface area contributed by atoms with E-state index in [1.54, 1.807) is 31.4 Å². The lowest BCUT2D eigenvalue weighted by Gasteiger charge is -2.12. The third-order valence-corrected chi connectivity index (χ3v) is 3.69. The summed E-state index contributed by atoms with van der Waals surface area (Å²) >= 11 is 3.40. The Bertz CT molecular complexity index is 674. The van der Waals surface area contributed by atoms with Crippen molar-refractivity contribution in [1.29, 1.82) is 0 Å². The van der Waals surface area contributed by atoms with Crippen molar-refractivity contribution >= 4 is 33.2 Å². The fourth-order valence-corrected chi connectivity index (χ4v) is 2.23. The van der Waals surface area contributed by atoms with E-state index in [4.69, 9.17) is 10.6 Å². The molecule has 5 nitrogen and oxygen atoms in total. The van der Waals surface area contributed by atoms with Gasteiger partial charge in [-0.05, 0) is 47.1 Å². The van der Waals surface area contributed by atoms with Crippen LogP contribution in [-0.2, 0) is 0 Å². The predicted molar refractivity (Wildman–Crippen MR) is 87.6 cm³/mol. The molecule has 110 valence electrons. The minimum atomic E-state index is -0.249. The number of anilines is 2. The van der Waals surface area contributed by atoms with Gasteiger partial charge in [-0.3, -0.25) is 10.6 Å². The normalized spacial score (nSPS) is 10.1. The molecular weight excluding hydrogens is 334 g/mol. The fraction of sp³-hybridized carbons (Fsp3) is 0.133. The number of carbonyl (C=O) groups is 1. The number of nitrogens with two attached hydrogens (primary N) is 1. The van der Waals surface area contributed by atoms with E-state index in [-0.39, 0.29) is 5.91 Å². The lowest BCUT2D eigenvalue weighted by molar-refractivity contribution is 0.102. The third-order valence-electron chi connectivity index (χ3n) is 3.00. The van der Waals surface area contributed by atoms with Gasteiger partial charge in [0.05, 0.1) is 24.0 Å². The highest BCUT2D eigenvalue weighted by Gasteiger charge is 2.13. The highest BCUT2D eigenvalue weighted by molar-refractivity contribution is 9.10. The minimum Gasteiger partial charge on any atom is -0.497 e. The van der Waals surface area contributed by atoms with Gasteiger partial charge >= 0.3 is 0 Å². The third kappa shape index (κ3) is 3.53. The summed E-state index contributed by atoms with van der Waals surface area (Å²) in [6.07, 6.45) is 0. The van der Waals surface area contributed by atoms with Crippen LogP contribution in [0.15, 0.2) is 40.9 Å². The molecule has 0 atom stereocenters. The van der Waals surface area contributed by atoms with Gasteiger partial charge in [-0.25, -0.2) is 0 Å². The summed E-state index contributed by atoms with van der Waals surface area (Å²) in [5, 5.41) is 2.84. The molecule has 0 aromatic heterocycles. The molecular formula is C15H16BrN3O2. The number of nitrogen functional groups attached to an aromatic ring is 1. The average molecular weight is 350 g/mol. The number of hydrazine groups is 1. The first kappa shape index (κ1) is 15.3. The number of halogens is 1. The Kier molecular flexibility index (Phi) is 4.82. The maximum Gasteiger partial charge on any atom is 0.257 e. The molecule has 0 bridgehead atoms. The molecule has 0 heterocycles. The first-order valence-corrected chi connectivity index (χ1v) is 7.06. The van der Waals surface area contributed by atoms with Crippen molar-refractivity contribution < 1.29 is 9.53 Å². The molecule has 2 aromatic rings. The number of carbonyl (C=O) groups excluding carboxylic acids is 1. The number of hydrogen-bond acceptors (Lipinski definition) is 4. The van der Waals surface area contributed by atoms with Gasteiger partial charge in [-0.2, -0.15) is 0 Å². The summed E-state index contributed by atoms with van der Waals surface area (Å²) in [5.74, 6) is 5.86. The first-order valence-electron chi connectivity index (χ1n) is 6.27. The van der Waals surface area contributed by atoms with Gasteiger partial charge in [0.15, 0.2) is 0 Å². The average Bonchev–Trinajstić information content (AvgIpc) is 2.49. The first-order chi connectivity index (χ1) is 10.0. The number of rotatable bonds is 4. The van der Waals surface area contributed by atoms with Crippen LogP contribution in [0.25, 0.3) is 0 Å². The van der Waals surface area contributed by atoms with Crippen LogP contribution in [-0.4, -0.2) is 13.0 Å². The topological polar surface area (TPSA) is 76.4 Å². The minimum absolute atomic E-state index is 0.249. The maximum atomic E-state index is 12.4. The molecule has 0 spiro atoms. The predicted octanol–water partition coefficient (Wildman–Crippen LogP) is 3.30. The molecule has 2 aromatic carbocycles. The number of methoxy groups -OCH3 is 1. The van der Waals surface area contributed by atoms with Gasteiger partial charge < -0.3 is 15.5 Å². The van der Waals surface area contributed by atoms with Crippen molar-refractivity contribution in [2.24, 2.45) is 5.84 Å². The molecule has 0 fully saturated rings. The van der Waals surface area contributed by atoms with E-state index in [0.29, 0.717) is 22.7 Å². The van der Waals surface area contributed by atoms with E-state index in [1.807, 2.05) is 19.1 Å². The summed E-state index contributed by atoms with van der Waals surface area (Å²) in [7, 11) is 1.58. The Balaban J connectivity index is 2.32. The van der Waals surface area contributed by atoms with Crippen LogP contribution in [0.5, 0.6) is 5.75 Å². The van der Waals surface area contributed by atoms with Crippen molar-refractivity contribution in [3.05, 3.63) is 52.0 Å². The molecule has 1 amide bonds. The number of benzene rings is 2. The summed E-state index contributed by atoms with van der Waals surface area (Å²) in [5.41, 5.74) is 5.18.